The lowest BCUT2D eigenvalue weighted by Gasteiger charge is -2.17. The maximum Gasteiger partial charge on any atom is 0.252 e. The molecule has 0 spiro atoms. The zero-order valence-electron chi connectivity index (χ0n) is 11.9. The number of hydrogen-bond donors (Lipinski definition) is 1. The largest absolute Gasteiger partial charge is 0.481 e. The summed E-state index contributed by atoms with van der Waals surface area (Å²) in [6.45, 7) is 0.338. The van der Waals surface area contributed by atoms with E-state index in [1.165, 1.54) is 13.3 Å². The normalized spacial score (nSPS) is 11.7. The molecule has 1 atom stereocenters. The highest BCUT2D eigenvalue weighted by Gasteiger charge is 2.17. The van der Waals surface area contributed by atoms with Crippen molar-refractivity contribution in [1.29, 1.82) is 0 Å². The molecule has 0 aliphatic heterocycles. The molecule has 21 heavy (non-hydrogen) atoms. The van der Waals surface area contributed by atoms with E-state index < -0.39 is 0 Å². The third-order valence-electron chi connectivity index (χ3n) is 2.89. The molecule has 0 unspecified atom stereocenters. The number of carbonyl (C=O) groups is 1. The summed E-state index contributed by atoms with van der Waals surface area (Å²) in [5, 5.41) is 2.89. The Kier molecular flexibility index (Phi) is 5.22. The van der Waals surface area contributed by atoms with Gasteiger partial charge in [0.2, 0.25) is 5.88 Å². The number of carbonyl (C=O) groups excluding carboxylic acids is 1. The summed E-state index contributed by atoms with van der Waals surface area (Å²) in [4.78, 5) is 20.5. The number of rotatable bonds is 6. The first-order chi connectivity index (χ1) is 10.2. The number of amides is 1. The topological polar surface area (TPSA) is 73.3 Å². The Morgan fingerprint density at radius 1 is 1.24 bits per heavy atom. The van der Waals surface area contributed by atoms with Crippen molar-refractivity contribution in [3.8, 4) is 5.88 Å². The minimum absolute atomic E-state index is 0.233. The predicted octanol–water partition coefficient (Wildman–Crippen LogP) is 1.60. The van der Waals surface area contributed by atoms with Gasteiger partial charge < -0.3 is 14.8 Å². The minimum Gasteiger partial charge on any atom is -0.481 e. The Morgan fingerprint density at radius 3 is 2.76 bits per heavy atom. The molecule has 2 aromatic heterocycles. The molecule has 0 bridgehead atoms. The van der Waals surface area contributed by atoms with Crippen molar-refractivity contribution in [2.75, 3.05) is 20.8 Å². The maximum absolute atomic E-state index is 12.3. The molecular weight excluding hydrogens is 270 g/mol. The van der Waals surface area contributed by atoms with Crippen LogP contribution in [0.4, 0.5) is 0 Å². The minimum atomic E-state index is -0.317. The van der Waals surface area contributed by atoms with Crippen LogP contribution in [0.2, 0.25) is 0 Å². The van der Waals surface area contributed by atoms with E-state index in [4.69, 9.17) is 9.47 Å². The summed E-state index contributed by atoms with van der Waals surface area (Å²) in [5.41, 5.74) is 1.22. The first-order valence-electron chi connectivity index (χ1n) is 6.45. The molecule has 2 aromatic rings. The number of hydrogen-bond acceptors (Lipinski definition) is 5. The van der Waals surface area contributed by atoms with Crippen molar-refractivity contribution in [2.45, 2.75) is 6.04 Å². The van der Waals surface area contributed by atoms with Crippen LogP contribution in [0.3, 0.4) is 0 Å². The lowest BCUT2D eigenvalue weighted by molar-refractivity contribution is 0.0894. The van der Waals surface area contributed by atoms with Crippen molar-refractivity contribution in [3.63, 3.8) is 0 Å². The zero-order valence-corrected chi connectivity index (χ0v) is 11.9. The fourth-order valence-corrected chi connectivity index (χ4v) is 1.85. The molecule has 6 heteroatoms. The number of aromatic nitrogens is 2. The standard InChI is InChI=1S/C15H17N3O3/c1-20-10-13(12-5-3-4-7-16-12)18-15(19)11-6-8-17-14(9-11)21-2/h3-9,13H,10H2,1-2H3,(H,18,19)/t13-/m0/s1. The van der Waals surface area contributed by atoms with E-state index in [0.717, 1.165) is 5.69 Å². The van der Waals surface area contributed by atoms with E-state index in [1.807, 2.05) is 18.2 Å². The van der Waals surface area contributed by atoms with Crippen molar-refractivity contribution in [1.82, 2.24) is 15.3 Å². The number of methoxy groups -OCH3 is 2. The highest BCUT2D eigenvalue weighted by atomic mass is 16.5. The lowest BCUT2D eigenvalue weighted by atomic mass is 10.1. The van der Waals surface area contributed by atoms with Crippen LogP contribution in [0, 0.1) is 0 Å². The van der Waals surface area contributed by atoms with Crippen molar-refractivity contribution < 1.29 is 14.3 Å². The summed E-state index contributed by atoms with van der Waals surface area (Å²) >= 11 is 0. The molecule has 0 aliphatic carbocycles. The van der Waals surface area contributed by atoms with Crippen LogP contribution in [-0.4, -0.2) is 36.7 Å². The van der Waals surface area contributed by atoms with E-state index in [1.54, 1.807) is 25.4 Å². The highest BCUT2D eigenvalue weighted by molar-refractivity contribution is 5.94. The summed E-state index contributed by atoms with van der Waals surface area (Å²) in [6, 6.07) is 8.42. The third kappa shape index (κ3) is 4.00. The summed E-state index contributed by atoms with van der Waals surface area (Å²) < 4.78 is 10.2. The zero-order chi connectivity index (χ0) is 15.1. The Labute approximate surface area is 123 Å². The van der Waals surface area contributed by atoms with Gasteiger partial charge in [0, 0.05) is 31.1 Å². The fraction of sp³-hybridized carbons (Fsp3) is 0.267. The van der Waals surface area contributed by atoms with Crippen molar-refractivity contribution >= 4 is 5.91 Å². The predicted molar refractivity (Wildman–Crippen MR) is 77.1 cm³/mol. The molecule has 1 N–H and O–H groups in total. The van der Waals surface area contributed by atoms with Gasteiger partial charge in [-0.05, 0) is 18.2 Å². The van der Waals surface area contributed by atoms with Crippen LogP contribution in [0.15, 0.2) is 42.7 Å². The first-order valence-corrected chi connectivity index (χ1v) is 6.45. The van der Waals surface area contributed by atoms with Gasteiger partial charge in [0.25, 0.3) is 5.91 Å². The Morgan fingerprint density at radius 2 is 2.10 bits per heavy atom. The third-order valence-corrected chi connectivity index (χ3v) is 2.89. The molecule has 0 aliphatic rings. The van der Waals surface area contributed by atoms with Crippen LogP contribution in [-0.2, 0) is 4.74 Å². The van der Waals surface area contributed by atoms with Crippen molar-refractivity contribution in [3.05, 3.63) is 54.0 Å². The Balaban J connectivity index is 2.14. The SMILES string of the molecule is COC[C@H](NC(=O)c1ccnc(OC)c1)c1ccccn1. The van der Waals surface area contributed by atoms with E-state index in [9.17, 15) is 4.79 Å². The molecule has 0 saturated heterocycles. The van der Waals surface area contributed by atoms with E-state index >= 15 is 0 Å². The van der Waals surface area contributed by atoms with Crippen LogP contribution in [0.25, 0.3) is 0 Å². The number of ether oxygens (including phenoxy) is 2. The second kappa shape index (κ2) is 7.35. The monoisotopic (exact) mass is 287 g/mol. The van der Waals surface area contributed by atoms with E-state index in [2.05, 4.69) is 15.3 Å². The molecule has 1 amide bonds. The van der Waals surface area contributed by atoms with Crippen LogP contribution >= 0.6 is 0 Å². The molecule has 2 heterocycles. The van der Waals surface area contributed by atoms with Gasteiger partial charge in [0.05, 0.1) is 25.5 Å². The number of pyridine rings is 2. The van der Waals surface area contributed by atoms with Crippen LogP contribution in [0.1, 0.15) is 22.1 Å². The summed E-state index contributed by atoms with van der Waals surface area (Å²) in [7, 11) is 3.09. The van der Waals surface area contributed by atoms with E-state index in [-0.39, 0.29) is 11.9 Å². The van der Waals surface area contributed by atoms with Gasteiger partial charge in [-0.3, -0.25) is 9.78 Å². The van der Waals surface area contributed by atoms with Gasteiger partial charge in [0.15, 0.2) is 0 Å². The van der Waals surface area contributed by atoms with E-state index in [0.29, 0.717) is 18.1 Å². The molecule has 6 nitrogen and oxygen atoms in total. The molecule has 0 aromatic carbocycles. The lowest BCUT2D eigenvalue weighted by Crippen LogP contribution is -2.31. The first kappa shape index (κ1) is 14.9. The molecule has 0 saturated carbocycles. The number of nitrogens with zero attached hydrogens (tertiary/aromatic N) is 2. The Hall–Kier alpha value is -2.47. The average Bonchev–Trinajstić information content (AvgIpc) is 2.55. The fourth-order valence-electron chi connectivity index (χ4n) is 1.85. The summed E-state index contributed by atoms with van der Waals surface area (Å²) in [6.07, 6.45) is 3.21. The van der Waals surface area contributed by atoms with Gasteiger partial charge in [-0.1, -0.05) is 6.07 Å². The van der Waals surface area contributed by atoms with Gasteiger partial charge in [-0.25, -0.2) is 4.98 Å². The molecule has 0 radical (unpaired) electrons. The highest BCUT2D eigenvalue weighted by Crippen LogP contribution is 2.13. The van der Waals surface area contributed by atoms with Crippen LogP contribution < -0.4 is 10.1 Å². The number of nitrogens with one attached hydrogen (secondary N) is 1. The van der Waals surface area contributed by atoms with Gasteiger partial charge in [-0.2, -0.15) is 0 Å². The quantitative estimate of drug-likeness (QED) is 0.873. The van der Waals surface area contributed by atoms with Gasteiger partial charge in [0.1, 0.15) is 0 Å². The molecule has 0 fully saturated rings. The van der Waals surface area contributed by atoms with Gasteiger partial charge >= 0.3 is 0 Å². The average molecular weight is 287 g/mol. The maximum atomic E-state index is 12.3. The van der Waals surface area contributed by atoms with Crippen LogP contribution in [0.5, 0.6) is 5.88 Å². The molecule has 2 rings (SSSR count). The Bertz CT molecular complexity index is 590. The molecule has 110 valence electrons. The molecular formula is C15H17N3O3. The second-order valence-corrected chi connectivity index (χ2v) is 4.32. The summed E-state index contributed by atoms with van der Waals surface area (Å²) in [5.74, 6) is 0.159. The van der Waals surface area contributed by atoms with Gasteiger partial charge in [-0.15, -0.1) is 0 Å². The smallest absolute Gasteiger partial charge is 0.252 e. The second-order valence-electron chi connectivity index (χ2n) is 4.32. The van der Waals surface area contributed by atoms with Crippen molar-refractivity contribution in [2.24, 2.45) is 0 Å².